The standard InChI is InChI=1S/C7H14N2O2.C2H6/c1-8-7(10)6-9-2-4-11-5-3-9;1-2/h2-6H2,1H3,(H,8,10);1-2H3. The molecule has 1 fully saturated rings. The first kappa shape index (κ1) is 12.4. The fourth-order valence-electron chi connectivity index (χ4n) is 1.04. The average molecular weight is 188 g/mol. The van der Waals surface area contributed by atoms with Gasteiger partial charge in [-0.05, 0) is 0 Å². The van der Waals surface area contributed by atoms with Crippen molar-refractivity contribution in [2.45, 2.75) is 13.8 Å². The molecule has 0 spiro atoms. The zero-order valence-electron chi connectivity index (χ0n) is 8.80. The molecule has 0 saturated carbocycles. The molecule has 1 aliphatic rings. The van der Waals surface area contributed by atoms with Gasteiger partial charge >= 0.3 is 0 Å². The second kappa shape index (κ2) is 8.01. The minimum absolute atomic E-state index is 0.0758. The van der Waals surface area contributed by atoms with Crippen molar-refractivity contribution < 1.29 is 9.53 Å². The third-order valence-corrected chi connectivity index (χ3v) is 1.75. The Bertz CT molecular complexity index is 134. The van der Waals surface area contributed by atoms with Crippen LogP contribution in [0.4, 0.5) is 0 Å². The maximum atomic E-state index is 10.9. The molecule has 1 saturated heterocycles. The predicted molar refractivity (Wildman–Crippen MR) is 52.7 cm³/mol. The number of nitrogens with zero attached hydrogens (tertiary/aromatic N) is 1. The Morgan fingerprint density at radius 1 is 1.38 bits per heavy atom. The monoisotopic (exact) mass is 188 g/mol. The molecular formula is C9H20N2O2. The molecule has 0 aromatic heterocycles. The summed E-state index contributed by atoms with van der Waals surface area (Å²) in [7, 11) is 1.66. The van der Waals surface area contributed by atoms with Crippen LogP contribution < -0.4 is 5.32 Å². The normalized spacial score (nSPS) is 17.2. The third kappa shape index (κ3) is 5.60. The lowest BCUT2D eigenvalue weighted by molar-refractivity contribution is -0.122. The summed E-state index contributed by atoms with van der Waals surface area (Å²) in [5, 5.41) is 2.59. The minimum Gasteiger partial charge on any atom is -0.379 e. The van der Waals surface area contributed by atoms with Crippen molar-refractivity contribution in [1.82, 2.24) is 10.2 Å². The number of likely N-dealkylation sites (N-methyl/N-ethyl adjacent to an activating group) is 1. The van der Waals surface area contributed by atoms with Gasteiger partial charge in [0.05, 0.1) is 19.8 Å². The molecule has 0 atom stereocenters. The van der Waals surface area contributed by atoms with Crippen molar-refractivity contribution in [3.63, 3.8) is 0 Å². The molecule has 78 valence electrons. The molecule has 13 heavy (non-hydrogen) atoms. The number of morpholine rings is 1. The summed E-state index contributed by atoms with van der Waals surface area (Å²) in [6.45, 7) is 7.73. The van der Waals surface area contributed by atoms with Gasteiger partial charge in [-0.1, -0.05) is 13.8 Å². The maximum Gasteiger partial charge on any atom is 0.233 e. The number of amides is 1. The van der Waals surface area contributed by atoms with Gasteiger partial charge in [-0.15, -0.1) is 0 Å². The summed E-state index contributed by atoms with van der Waals surface area (Å²) in [6, 6.07) is 0. The van der Waals surface area contributed by atoms with Crippen LogP contribution in [0.5, 0.6) is 0 Å². The summed E-state index contributed by atoms with van der Waals surface area (Å²) in [6.07, 6.45) is 0. The predicted octanol–water partition coefficient (Wildman–Crippen LogP) is 0.0908. The van der Waals surface area contributed by atoms with Crippen molar-refractivity contribution in [2.24, 2.45) is 0 Å². The lowest BCUT2D eigenvalue weighted by Crippen LogP contribution is -2.42. The fourth-order valence-corrected chi connectivity index (χ4v) is 1.04. The number of hydrogen-bond acceptors (Lipinski definition) is 3. The Morgan fingerprint density at radius 3 is 2.38 bits per heavy atom. The topological polar surface area (TPSA) is 41.6 Å². The lowest BCUT2D eigenvalue weighted by Gasteiger charge is -2.25. The number of ether oxygens (including phenoxy) is 1. The zero-order valence-corrected chi connectivity index (χ0v) is 8.80. The maximum absolute atomic E-state index is 10.9. The van der Waals surface area contributed by atoms with E-state index in [1.807, 2.05) is 13.8 Å². The van der Waals surface area contributed by atoms with Crippen LogP contribution in [0.3, 0.4) is 0 Å². The Labute approximate surface area is 80.2 Å². The molecular weight excluding hydrogens is 168 g/mol. The Balaban J connectivity index is 0.000000671. The highest BCUT2D eigenvalue weighted by molar-refractivity contribution is 5.77. The van der Waals surface area contributed by atoms with E-state index in [1.165, 1.54) is 0 Å². The summed E-state index contributed by atoms with van der Waals surface area (Å²) in [4.78, 5) is 13.0. The van der Waals surface area contributed by atoms with E-state index in [1.54, 1.807) is 7.05 Å². The van der Waals surface area contributed by atoms with Gasteiger partial charge in [0.2, 0.25) is 5.91 Å². The summed E-state index contributed by atoms with van der Waals surface area (Å²) >= 11 is 0. The zero-order chi connectivity index (χ0) is 10.1. The first-order valence-electron chi connectivity index (χ1n) is 4.83. The van der Waals surface area contributed by atoms with Gasteiger partial charge in [-0.3, -0.25) is 9.69 Å². The number of carbonyl (C=O) groups is 1. The van der Waals surface area contributed by atoms with Gasteiger partial charge in [-0.2, -0.15) is 0 Å². The molecule has 0 aliphatic carbocycles. The fraction of sp³-hybridized carbons (Fsp3) is 0.889. The van der Waals surface area contributed by atoms with E-state index in [0.29, 0.717) is 6.54 Å². The van der Waals surface area contributed by atoms with E-state index < -0.39 is 0 Å². The van der Waals surface area contributed by atoms with Crippen molar-refractivity contribution in [1.29, 1.82) is 0 Å². The van der Waals surface area contributed by atoms with Crippen LogP contribution in [0.2, 0.25) is 0 Å². The van der Waals surface area contributed by atoms with Crippen molar-refractivity contribution in [3.05, 3.63) is 0 Å². The third-order valence-electron chi connectivity index (χ3n) is 1.75. The molecule has 1 amide bonds. The van der Waals surface area contributed by atoms with Crippen molar-refractivity contribution in [3.8, 4) is 0 Å². The molecule has 0 radical (unpaired) electrons. The Morgan fingerprint density at radius 2 is 1.92 bits per heavy atom. The van der Waals surface area contributed by atoms with Crippen LogP contribution in [0, 0.1) is 0 Å². The molecule has 4 heteroatoms. The van der Waals surface area contributed by atoms with E-state index in [0.717, 1.165) is 26.3 Å². The van der Waals surface area contributed by atoms with E-state index in [-0.39, 0.29) is 5.91 Å². The van der Waals surface area contributed by atoms with E-state index in [9.17, 15) is 4.79 Å². The van der Waals surface area contributed by atoms with E-state index in [2.05, 4.69) is 10.2 Å². The highest BCUT2D eigenvalue weighted by Gasteiger charge is 2.12. The molecule has 0 bridgehead atoms. The largest absolute Gasteiger partial charge is 0.379 e. The first-order chi connectivity index (χ1) is 6.33. The van der Waals surface area contributed by atoms with Gasteiger partial charge in [0.1, 0.15) is 0 Å². The second-order valence-electron chi connectivity index (χ2n) is 2.56. The molecule has 1 N–H and O–H groups in total. The van der Waals surface area contributed by atoms with E-state index >= 15 is 0 Å². The van der Waals surface area contributed by atoms with Crippen LogP contribution in [-0.4, -0.2) is 50.7 Å². The number of nitrogens with one attached hydrogen (secondary N) is 1. The quantitative estimate of drug-likeness (QED) is 0.668. The van der Waals surface area contributed by atoms with Crippen molar-refractivity contribution in [2.75, 3.05) is 39.9 Å². The minimum atomic E-state index is 0.0758. The van der Waals surface area contributed by atoms with Gasteiger partial charge < -0.3 is 10.1 Å². The average Bonchev–Trinajstić information content (AvgIpc) is 2.22. The summed E-state index contributed by atoms with van der Waals surface area (Å²) in [5.74, 6) is 0.0758. The number of hydrogen-bond donors (Lipinski definition) is 1. The van der Waals surface area contributed by atoms with Crippen LogP contribution in [0.15, 0.2) is 0 Å². The highest BCUT2D eigenvalue weighted by Crippen LogP contribution is 1.94. The molecule has 1 rings (SSSR count). The lowest BCUT2D eigenvalue weighted by atomic mass is 10.4. The Kier molecular flexibility index (Phi) is 7.63. The summed E-state index contributed by atoms with van der Waals surface area (Å²) < 4.78 is 5.14. The summed E-state index contributed by atoms with van der Waals surface area (Å²) in [5.41, 5.74) is 0. The first-order valence-corrected chi connectivity index (χ1v) is 4.83. The van der Waals surface area contributed by atoms with Crippen LogP contribution in [0.25, 0.3) is 0 Å². The number of rotatable bonds is 2. The van der Waals surface area contributed by atoms with Crippen LogP contribution in [-0.2, 0) is 9.53 Å². The molecule has 1 aliphatic heterocycles. The number of carbonyl (C=O) groups excluding carboxylic acids is 1. The SMILES string of the molecule is CC.CNC(=O)CN1CCOCC1. The van der Waals surface area contributed by atoms with E-state index in [4.69, 9.17) is 4.74 Å². The molecule has 1 heterocycles. The van der Waals surface area contributed by atoms with Crippen LogP contribution in [0.1, 0.15) is 13.8 Å². The molecule has 0 aromatic carbocycles. The van der Waals surface area contributed by atoms with Gasteiger partial charge in [0, 0.05) is 20.1 Å². The van der Waals surface area contributed by atoms with Gasteiger partial charge in [0.25, 0.3) is 0 Å². The molecule has 0 aromatic rings. The molecule has 4 nitrogen and oxygen atoms in total. The van der Waals surface area contributed by atoms with Gasteiger partial charge in [0.15, 0.2) is 0 Å². The van der Waals surface area contributed by atoms with Crippen LogP contribution >= 0.6 is 0 Å². The second-order valence-corrected chi connectivity index (χ2v) is 2.56. The smallest absolute Gasteiger partial charge is 0.233 e. The van der Waals surface area contributed by atoms with Gasteiger partial charge in [-0.25, -0.2) is 0 Å². The Hall–Kier alpha value is -0.610. The highest BCUT2D eigenvalue weighted by atomic mass is 16.5. The molecule has 0 unspecified atom stereocenters. The van der Waals surface area contributed by atoms with Crippen molar-refractivity contribution >= 4 is 5.91 Å².